The molecule has 3 heterocycles. The van der Waals surface area contributed by atoms with Crippen LogP contribution in [0.2, 0.25) is 0 Å². The molecule has 7 heteroatoms. The summed E-state index contributed by atoms with van der Waals surface area (Å²) in [5.41, 5.74) is 11.2. The van der Waals surface area contributed by atoms with Crippen molar-refractivity contribution in [1.82, 2.24) is 19.5 Å². The highest BCUT2D eigenvalue weighted by Gasteiger charge is 2.17. The first-order chi connectivity index (χ1) is 16.0. The standard InChI is InChI=1S/C26H30N6O/c1-17(2)24-29-30-25-22(28-26(27)33)15-21-14-20(10-11-23(21)32(24)25)19-8-6-18(7-9-19)16-31-12-4-3-5-13-31/h6-11,14-15,17H,3-5,12-13,16H2,1-2H3,(H3,27,28,33). The van der Waals surface area contributed by atoms with Crippen LogP contribution in [0.1, 0.15) is 50.4 Å². The normalized spacial score (nSPS) is 14.9. The van der Waals surface area contributed by atoms with E-state index in [2.05, 4.69) is 76.7 Å². The molecule has 0 radical (unpaired) electrons. The van der Waals surface area contributed by atoms with Crippen LogP contribution in [0, 0.1) is 0 Å². The Labute approximate surface area is 193 Å². The second-order valence-corrected chi connectivity index (χ2v) is 9.23. The second-order valence-electron chi connectivity index (χ2n) is 9.23. The molecule has 1 aliphatic heterocycles. The zero-order valence-electron chi connectivity index (χ0n) is 19.2. The number of carbonyl (C=O) groups is 1. The zero-order valence-corrected chi connectivity index (χ0v) is 19.2. The van der Waals surface area contributed by atoms with Gasteiger partial charge in [0.1, 0.15) is 5.82 Å². The molecular formula is C26H30N6O. The van der Waals surface area contributed by atoms with Gasteiger partial charge in [-0.3, -0.25) is 9.30 Å². The van der Waals surface area contributed by atoms with E-state index in [-0.39, 0.29) is 5.92 Å². The van der Waals surface area contributed by atoms with Gasteiger partial charge in [-0.1, -0.05) is 50.6 Å². The summed E-state index contributed by atoms with van der Waals surface area (Å²) in [5, 5.41) is 12.4. The van der Waals surface area contributed by atoms with Crippen LogP contribution in [0.15, 0.2) is 48.5 Å². The first kappa shape index (κ1) is 21.4. The molecule has 0 saturated carbocycles. The number of benzene rings is 2. The maximum Gasteiger partial charge on any atom is 0.316 e. The van der Waals surface area contributed by atoms with Crippen molar-refractivity contribution in [2.24, 2.45) is 5.73 Å². The van der Waals surface area contributed by atoms with Gasteiger partial charge in [0.15, 0.2) is 5.65 Å². The van der Waals surface area contributed by atoms with E-state index in [4.69, 9.17) is 5.73 Å². The number of piperidine rings is 1. The number of nitrogens with zero attached hydrogens (tertiary/aromatic N) is 4. The SMILES string of the molecule is CC(C)c1nnc2c(NC(N)=O)cc3cc(-c4ccc(CN5CCCCC5)cc4)ccc3n12. The minimum atomic E-state index is -0.620. The number of nitrogens with two attached hydrogens (primary N) is 1. The van der Waals surface area contributed by atoms with E-state index in [9.17, 15) is 4.79 Å². The maximum absolute atomic E-state index is 11.6. The number of carbonyl (C=O) groups excluding carboxylic acids is 1. The summed E-state index contributed by atoms with van der Waals surface area (Å²) in [6.45, 7) is 7.57. The summed E-state index contributed by atoms with van der Waals surface area (Å²) in [6, 6.07) is 16.5. The van der Waals surface area contributed by atoms with Crippen molar-refractivity contribution in [1.29, 1.82) is 0 Å². The number of amides is 2. The molecule has 4 aromatic rings. The third kappa shape index (κ3) is 4.28. The molecule has 5 rings (SSSR count). The molecule has 2 aromatic carbocycles. The number of urea groups is 1. The highest BCUT2D eigenvalue weighted by Crippen LogP contribution is 2.31. The molecule has 1 saturated heterocycles. The molecule has 170 valence electrons. The van der Waals surface area contributed by atoms with Crippen LogP contribution in [0.5, 0.6) is 0 Å². The van der Waals surface area contributed by atoms with E-state index in [1.54, 1.807) is 0 Å². The Balaban J connectivity index is 1.52. The lowest BCUT2D eigenvalue weighted by molar-refractivity contribution is 0.221. The van der Waals surface area contributed by atoms with Crippen LogP contribution in [0.3, 0.4) is 0 Å². The highest BCUT2D eigenvalue weighted by molar-refractivity contribution is 5.98. The number of fused-ring (bicyclic) bond motifs is 3. The number of likely N-dealkylation sites (tertiary alicyclic amines) is 1. The van der Waals surface area contributed by atoms with Gasteiger partial charge in [-0.2, -0.15) is 0 Å². The number of aromatic nitrogens is 3. The van der Waals surface area contributed by atoms with E-state index in [0.29, 0.717) is 11.3 Å². The van der Waals surface area contributed by atoms with E-state index < -0.39 is 6.03 Å². The Bertz CT molecular complexity index is 1300. The molecule has 0 atom stereocenters. The molecule has 7 nitrogen and oxygen atoms in total. The fourth-order valence-corrected chi connectivity index (χ4v) is 4.76. The van der Waals surface area contributed by atoms with Gasteiger partial charge in [0.05, 0.1) is 11.2 Å². The largest absolute Gasteiger partial charge is 0.351 e. The summed E-state index contributed by atoms with van der Waals surface area (Å²) in [5.74, 6) is 1.03. The maximum atomic E-state index is 11.6. The molecule has 0 spiro atoms. The van der Waals surface area contributed by atoms with E-state index in [1.165, 1.54) is 37.9 Å². The predicted octanol–water partition coefficient (Wildman–Crippen LogP) is 5.15. The van der Waals surface area contributed by atoms with Crippen molar-refractivity contribution in [3.8, 4) is 11.1 Å². The van der Waals surface area contributed by atoms with Crippen LogP contribution in [0.25, 0.3) is 27.7 Å². The van der Waals surface area contributed by atoms with Crippen molar-refractivity contribution < 1.29 is 4.79 Å². The average Bonchev–Trinajstić information content (AvgIpc) is 3.26. The van der Waals surface area contributed by atoms with Gasteiger partial charge in [-0.05, 0) is 60.8 Å². The van der Waals surface area contributed by atoms with Gasteiger partial charge in [0.2, 0.25) is 0 Å². The van der Waals surface area contributed by atoms with Crippen molar-refractivity contribution in [2.45, 2.75) is 45.6 Å². The van der Waals surface area contributed by atoms with Gasteiger partial charge in [0, 0.05) is 17.8 Å². The number of primary amides is 1. The predicted molar refractivity (Wildman–Crippen MR) is 132 cm³/mol. The summed E-state index contributed by atoms with van der Waals surface area (Å²) in [4.78, 5) is 14.1. The first-order valence-corrected chi connectivity index (χ1v) is 11.7. The lowest BCUT2D eigenvalue weighted by Gasteiger charge is -2.26. The fraction of sp³-hybridized carbons (Fsp3) is 0.346. The minimum Gasteiger partial charge on any atom is -0.351 e. The molecule has 1 fully saturated rings. The Hall–Kier alpha value is -3.45. The number of hydrogen-bond acceptors (Lipinski definition) is 4. The van der Waals surface area contributed by atoms with Gasteiger partial charge in [0.25, 0.3) is 0 Å². The molecule has 1 aliphatic rings. The van der Waals surface area contributed by atoms with Crippen LogP contribution in [-0.2, 0) is 6.54 Å². The molecule has 3 N–H and O–H groups in total. The number of pyridine rings is 1. The Kier molecular flexibility index (Phi) is 5.72. The molecule has 0 unspecified atom stereocenters. The third-order valence-electron chi connectivity index (χ3n) is 6.41. The van der Waals surface area contributed by atoms with Gasteiger partial charge >= 0.3 is 6.03 Å². The van der Waals surface area contributed by atoms with E-state index >= 15 is 0 Å². The second kappa shape index (κ2) is 8.83. The molecule has 33 heavy (non-hydrogen) atoms. The first-order valence-electron chi connectivity index (χ1n) is 11.7. The quantitative estimate of drug-likeness (QED) is 0.447. The minimum absolute atomic E-state index is 0.180. The molecule has 0 bridgehead atoms. The smallest absolute Gasteiger partial charge is 0.316 e. The summed E-state index contributed by atoms with van der Waals surface area (Å²) in [6.07, 6.45) is 3.97. The Morgan fingerprint density at radius 2 is 1.73 bits per heavy atom. The number of rotatable bonds is 5. The summed E-state index contributed by atoms with van der Waals surface area (Å²) < 4.78 is 2.01. The fourth-order valence-electron chi connectivity index (χ4n) is 4.76. The lowest BCUT2D eigenvalue weighted by atomic mass is 10.0. The Morgan fingerprint density at radius 3 is 2.42 bits per heavy atom. The zero-order chi connectivity index (χ0) is 22.9. The van der Waals surface area contributed by atoms with Crippen LogP contribution in [0.4, 0.5) is 10.5 Å². The van der Waals surface area contributed by atoms with Crippen molar-refractivity contribution in [3.05, 3.63) is 59.9 Å². The molecular weight excluding hydrogens is 412 g/mol. The van der Waals surface area contributed by atoms with Crippen molar-refractivity contribution in [3.63, 3.8) is 0 Å². The topological polar surface area (TPSA) is 88.5 Å². The van der Waals surface area contributed by atoms with Gasteiger partial charge in [-0.25, -0.2) is 4.79 Å². The Morgan fingerprint density at radius 1 is 1.00 bits per heavy atom. The van der Waals surface area contributed by atoms with E-state index in [1.807, 2.05) is 10.5 Å². The number of nitrogens with one attached hydrogen (secondary N) is 1. The average molecular weight is 443 g/mol. The van der Waals surface area contributed by atoms with Crippen molar-refractivity contribution >= 4 is 28.3 Å². The van der Waals surface area contributed by atoms with Gasteiger partial charge < -0.3 is 11.1 Å². The summed E-state index contributed by atoms with van der Waals surface area (Å²) in [7, 11) is 0. The lowest BCUT2D eigenvalue weighted by Crippen LogP contribution is -2.28. The number of anilines is 1. The van der Waals surface area contributed by atoms with Crippen LogP contribution in [-0.4, -0.2) is 38.6 Å². The van der Waals surface area contributed by atoms with Gasteiger partial charge in [-0.15, -0.1) is 10.2 Å². The monoisotopic (exact) mass is 442 g/mol. The van der Waals surface area contributed by atoms with E-state index in [0.717, 1.165) is 34.4 Å². The van der Waals surface area contributed by atoms with Crippen LogP contribution >= 0.6 is 0 Å². The number of hydrogen-bond donors (Lipinski definition) is 2. The van der Waals surface area contributed by atoms with Crippen molar-refractivity contribution in [2.75, 3.05) is 18.4 Å². The summed E-state index contributed by atoms with van der Waals surface area (Å²) >= 11 is 0. The third-order valence-corrected chi connectivity index (χ3v) is 6.41. The molecule has 0 aliphatic carbocycles. The van der Waals surface area contributed by atoms with Crippen LogP contribution < -0.4 is 11.1 Å². The molecule has 2 aromatic heterocycles. The highest BCUT2D eigenvalue weighted by atomic mass is 16.2. The molecule has 2 amide bonds.